The van der Waals surface area contributed by atoms with Gasteiger partial charge in [-0.3, -0.25) is 28.8 Å². The molecule has 0 heterocycles. The van der Waals surface area contributed by atoms with E-state index in [1.54, 1.807) is 36.4 Å². The first-order valence-electron chi connectivity index (χ1n) is 22.0. The lowest BCUT2D eigenvalue weighted by molar-refractivity contribution is -0.134. The van der Waals surface area contributed by atoms with Crippen LogP contribution in [0, 0.1) is 0 Å². The minimum atomic E-state index is -1.79. The van der Waals surface area contributed by atoms with Crippen LogP contribution in [-0.4, -0.2) is 91.0 Å². The molecule has 0 saturated carbocycles. The zero-order valence-electron chi connectivity index (χ0n) is 36.9. The second-order valence-electron chi connectivity index (χ2n) is 16.2. The van der Waals surface area contributed by atoms with Crippen molar-refractivity contribution in [3.63, 3.8) is 0 Å². The van der Waals surface area contributed by atoms with Gasteiger partial charge in [0.1, 0.15) is 0 Å². The minimum Gasteiger partial charge on any atom is -0.330 e. The van der Waals surface area contributed by atoms with Gasteiger partial charge >= 0.3 is 0 Å². The van der Waals surface area contributed by atoms with E-state index in [9.17, 15) is 28.8 Å². The summed E-state index contributed by atoms with van der Waals surface area (Å²) in [6, 6.07) is 21.1. The van der Waals surface area contributed by atoms with Crippen molar-refractivity contribution in [2.75, 3.05) is 55.2 Å². The number of rotatable bonds is 30. The molecule has 0 bridgehead atoms. The molecule has 21 N–H and O–H groups in total. The van der Waals surface area contributed by atoms with Crippen molar-refractivity contribution in [3.8, 4) is 0 Å². The Bertz CT molecular complexity index is 1770. The quantitative estimate of drug-likeness (QED) is 0.0252. The highest BCUT2D eigenvalue weighted by atomic mass is 16.2. The maximum atomic E-state index is 13.6. The van der Waals surface area contributed by atoms with E-state index < -0.39 is 57.6 Å². The fraction of sp³-hybridized carbons (Fsp3) is 0.478. The Kier molecular flexibility index (Phi) is 21.4. The first kappa shape index (κ1) is 53.1. The summed E-state index contributed by atoms with van der Waals surface area (Å²) < 4.78 is 0. The van der Waals surface area contributed by atoms with Crippen LogP contribution in [0.1, 0.15) is 99.7 Å². The van der Waals surface area contributed by atoms with Gasteiger partial charge in [0.25, 0.3) is 17.7 Å². The molecule has 0 radical (unpaired) electrons. The topological polar surface area (TPSA) is 373 Å². The van der Waals surface area contributed by atoms with Gasteiger partial charge in [0, 0.05) is 42.2 Å². The Morgan fingerprint density at radius 1 is 0.375 bits per heavy atom. The van der Waals surface area contributed by atoms with Gasteiger partial charge in [0.15, 0.2) is 34.0 Å². The SMILES string of the molecule is NCCCC[C@](N)(C(=O)CCN)C(=O)Nc1ccc(C(c2ccc(NC(=O)[C@](N)(CCCCN)C(=O)CCN)cc2)c2ccc(NC(=O)[C@](N)(CCCCN)C(=O)CCN)cc2)cc1. The van der Waals surface area contributed by atoms with Crippen molar-refractivity contribution >= 4 is 52.1 Å². The van der Waals surface area contributed by atoms with Gasteiger partial charge in [-0.1, -0.05) is 36.4 Å². The summed E-state index contributed by atoms with van der Waals surface area (Å²) in [5.74, 6) is -3.79. The van der Waals surface area contributed by atoms with E-state index in [-0.39, 0.29) is 58.2 Å². The van der Waals surface area contributed by atoms with E-state index in [0.717, 1.165) is 16.7 Å². The number of benzene rings is 3. The van der Waals surface area contributed by atoms with Crippen molar-refractivity contribution in [3.05, 3.63) is 89.5 Å². The Morgan fingerprint density at radius 3 is 0.812 bits per heavy atom. The Hall–Kier alpha value is -5.28. The number of carbonyl (C=O) groups is 6. The van der Waals surface area contributed by atoms with Crippen LogP contribution in [0.25, 0.3) is 0 Å². The van der Waals surface area contributed by atoms with Crippen molar-refractivity contribution in [1.29, 1.82) is 0 Å². The summed E-state index contributed by atoms with van der Waals surface area (Å²) in [6.45, 7) is 1.32. The molecular weight excluding hydrogens is 817 g/mol. The molecule has 3 rings (SSSR count). The van der Waals surface area contributed by atoms with Crippen molar-refractivity contribution < 1.29 is 28.8 Å². The monoisotopic (exact) mass is 887 g/mol. The van der Waals surface area contributed by atoms with Gasteiger partial charge in [-0.05, 0) is 150 Å². The van der Waals surface area contributed by atoms with Crippen LogP contribution in [0.15, 0.2) is 72.8 Å². The number of amides is 3. The predicted octanol–water partition coefficient (Wildman–Crippen LogP) is 0.915. The fourth-order valence-electron chi connectivity index (χ4n) is 7.43. The van der Waals surface area contributed by atoms with Crippen molar-refractivity contribution in [2.24, 2.45) is 51.6 Å². The molecule has 0 fully saturated rings. The molecule has 0 aliphatic carbocycles. The first-order valence-corrected chi connectivity index (χ1v) is 22.0. The van der Waals surface area contributed by atoms with Crippen LogP contribution in [0.3, 0.4) is 0 Å². The molecule has 18 nitrogen and oxygen atoms in total. The molecule has 3 atom stereocenters. The lowest BCUT2D eigenvalue weighted by atomic mass is 9.84. The number of unbranched alkanes of at least 4 members (excludes halogenated alkanes) is 3. The fourth-order valence-corrected chi connectivity index (χ4v) is 7.43. The maximum Gasteiger partial charge on any atom is 0.252 e. The lowest BCUT2D eigenvalue weighted by Crippen LogP contribution is -2.57. The number of hydrogen-bond acceptors (Lipinski definition) is 15. The van der Waals surface area contributed by atoms with Gasteiger partial charge in [-0.25, -0.2) is 0 Å². The average molecular weight is 887 g/mol. The Morgan fingerprint density at radius 2 is 0.609 bits per heavy atom. The van der Waals surface area contributed by atoms with Gasteiger partial charge in [0.05, 0.1) is 0 Å². The molecule has 0 unspecified atom stereocenters. The summed E-state index contributed by atoms with van der Waals surface area (Å²) in [4.78, 5) is 79.7. The van der Waals surface area contributed by atoms with Crippen LogP contribution >= 0.6 is 0 Å². The van der Waals surface area contributed by atoms with Crippen LogP contribution in [0.5, 0.6) is 0 Å². The normalized spacial score (nSPS) is 14.2. The van der Waals surface area contributed by atoms with Gasteiger partial charge < -0.3 is 67.6 Å². The molecule has 0 aliphatic heterocycles. The van der Waals surface area contributed by atoms with E-state index >= 15 is 0 Å². The average Bonchev–Trinajstić information content (AvgIpc) is 3.28. The van der Waals surface area contributed by atoms with E-state index in [1.165, 1.54) is 0 Å². The second kappa shape index (κ2) is 25.9. The summed E-state index contributed by atoms with van der Waals surface area (Å²) in [7, 11) is 0. The summed E-state index contributed by atoms with van der Waals surface area (Å²) in [6.07, 6.45) is 3.36. The Labute approximate surface area is 375 Å². The van der Waals surface area contributed by atoms with Gasteiger partial charge in [-0.15, -0.1) is 0 Å². The molecular formula is C46H70N12O6. The molecule has 64 heavy (non-hydrogen) atoms. The number of ketones is 3. The highest BCUT2D eigenvalue weighted by Crippen LogP contribution is 2.35. The van der Waals surface area contributed by atoms with Crippen LogP contribution < -0.4 is 67.6 Å². The van der Waals surface area contributed by atoms with Crippen LogP contribution in [0.2, 0.25) is 0 Å². The van der Waals surface area contributed by atoms with E-state index in [2.05, 4.69) is 16.0 Å². The summed E-state index contributed by atoms with van der Waals surface area (Å²) in [5, 5.41) is 8.40. The molecule has 18 heteroatoms. The molecule has 0 spiro atoms. The molecule has 0 saturated heterocycles. The smallest absolute Gasteiger partial charge is 0.252 e. The van der Waals surface area contributed by atoms with Gasteiger partial charge in [-0.2, -0.15) is 0 Å². The molecule has 3 aromatic carbocycles. The predicted molar refractivity (Wildman–Crippen MR) is 252 cm³/mol. The van der Waals surface area contributed by atoms with E-state index in [0.29, 0.717) is 75.2 Å². The minimum absolute atomic E-state index is 0.0493. The first-order chi connectivity index (χ1) is 30.6. The molecule has 3 aromatic rings. The largest absolute Gasteiger partial charge is 0.330 e. The lowest BCUT2D eigenvalue weighted by Gasteiger charge is -2.27. The highest BCUT2D eigenvalue weighted by Gasteiger charge is 2.42. The van der Waals surface area contributed by atoms with Crippen molar-refractivity contribution in [1.82, 2.24) is 0 Å². The standard InChI is InChI=1S/C46H70N12O6/c47-25-4-1-22-44(53,37(59)19-28-50)41(62)56-34-13-7-31(8-14-34)40(32-9-15-35(16-10-32)57-42(63)45(54,23-2-5-26-48)38(60)20-29-51)33-11-17-36(18-12-33)58-43(64)46(55,24-3-6-27-49)39(61)21-30-52/h7-18,40H,1-6,19-30,47-55H2,(H,56,62)(H,57,63)(H,58,64)/t44-,45-,46-/m0/s1. The van der Waals surface area contributed by atoms with Crippen LogP contribution in [-0.2, 0) is 28.8 Å². The maximum absolute atomic E-state index is 13.6. The second-order valence-corrected chi connectivity index (χ2v) is 16.2. The number of Topliss-reactive ketones (excluding diaryl/α,β-unsaturated/α-hetero) is 3. The number of anilines is 3. The third-order valence-electron chi connectivity index (χ3n) is 11.4. The molecule has 3 amide bonds. The van der Waals surface area contributed by atoms with Gasteiger partial charge in [0.2, 0.25) is 0 Å². The number of nitrogens with one attached hydrogen (secondary N) is 3. The number of nitrogens with two attached hydrogens (primary N) is 9. The van der Waals surface area contributed by atoms with E-state index in [1.807, 2.05) is 36.4 Å². The van der Waals surface area contributed by atoms with Crippen molar-refractivity contribution in [2.45, 2.75) is 99.6 Å². The van der Waals surface area contributed by atoms with Crippen LogP contribution in [0.4, 0.5) is 17.1 Å². The number of carbonyl (C=O) groups excluding carboxylic acids is 6. The Balaban J connectivity index is 2.02. The molecule has 350 valence electrons. The molecule has 0 aliphatic rings. The number of hydrogen-bond donors (Lipinski definition) is 12. The zero-order chi connectivity index (χ0) is 47.3. The zero-order valence-corrected chi connectivity index (χ0v) is 36.9. The van der Waals surface area contributed by atoms with E-state index in [4.69, 9.17) is 51.6 Å². The third kappa shape index (κ3) is 14.1. The molecule has 0 aromatic heterocycles. The third-order valence-corrected chi connectivity index (χ3v) is 11.4. The summed E-state index contributed by atoms with van der Waals surface area (Å²) in [5.41, 5.74) is 51.4. The highest BCUT2D eigenvalue weighted by molar-refractivity contribution is 6.16. The summed E-state index contributed by atoms with van der Waals surface area (Å²) >= 11 is 0.